The van der Waals surface area contributed by atoms with Crippen molar-refractivity contribution in [2.24, 2.45) is 5.73 Å². The van der Waals surface area contributed by atoms with E-state index in [1.165, 1.54) is 0 Å². The van der Waals surface area contributed by atoms with E-state index in [0.29, 0.717) is 25.5 Å². The molecule has 0 radical (unpaired) electrons. The number of halogens is 1. The molecule has 1 heterocycles. The predicted octanol–water partition coefficient (Wildman–Crippen LogP) is 1.31. The maximum absolute atomic E-state index is 10.8. The fourth-order valence-corrected chi connectivity index (χ4v) is 1.32. The van der Waals surface area contributed by atoms with Gasteiger partial charge in [0.2, 0.25) is 5.88 Å². The Labute approximate surface area is 102 Å². The molecule has 0 bridgehead atoms. The number of aromatic nitrogens is 1. The second kappa shape index (κ2) is 6.73. The minimum absolute atomic E-state index is 0.163. The minimum Gasteiger partial charge on any atom is -0.476 e. The van der Waals surface area contributed by atoms with Crippen molar-refractivity contribution in [3.05, 3.63) is 23.9 Å². The Morgan fingerprint density at radius 3 is 2.87 bits per heavy atom. The van der Waals surface area contributed by atoms with Crippen molar-refractivity contribution < 1.29 is 9.53 Å². The summed E-state index contributed by atoms with van der Waals surface area (Å²) in [6, 6.07) is 3.71. The number of carbonyl (C=O) groups excluding carboxylic acids is 1. The second-order valence-electron chi connectivity index (χ2n) is 3.00. The highest BCUT2D eigenvalue weighted by Gasteiger charge is 1.99. The zero-order valence-corrected chi connectivity index (χ0v) is 10.4. The van der Waals surface area contributed by atoms with Gasteiger partial charge >= 0.3 is 0 Å². The summed E-state index contributed by atoms with van der Waals surface area (Å²) in [5, 5.41) is 0. The number of carbonyl (C=O) groups is 1. The molecule has 15 heavy (non-hydrogen) atoms. The van der Waals surface area contributed by atoms with Gasteiger partial charge in [-0.25, -0.2) is 4.98 Å². The van der Waals surface area contributed by atoms with E-state index in [-0.39, 0.29) is 3.79 Å². The number of rotatable bonds is 6. The van der Waals surface area contributed by atoms with Crippen molar-refractivity contribution in [2.75, 3.05) is 13.2 Å². The largest absolute Gasteiger partial charge is 0.476 e. The summed E-state index contributed by atoms with van der Waals surface area (Å²) in [6.45, 7) is 0.950. The van der Waals surface area contributed by atoms with Crippen LogP contribution in [0.15, 0.2) is 18.3 Å². The lowest BCUT2D eigenvalue weighted by Crippen LogP contribution is -2.11. The molecule has 0 aliphatic carbocycles. The van der Waals surface area contributed by atoms with Gasteiger partial charge in [-0.1, -0.05) is 6.07 Å². The molecule has 5 heteroatoms. The van der Waals surface area contributed by atoms with Gasteiger partial charge in [-0.3, -0.25) is 4.79 Å². The SMILES string of the molecule is NCCOc1ccc(CCC(=O)I)cn1. The van der Waals surface area contributed by atoms with Crippen molar-refractivity contribution >= 4 is 26.4 Å². The number of hydrogen-bond acceptors (Lipinski definition) is 4. The smallest absolute Gasteiger partial charge is 0.213 e. The standard InChI is InChI=1S/C10H13IN2O2/c11-9(14)3-1-8-2-4-10(13-7-8)15-6-5-12/h2,4,7H,1,3,5-6,12H2. The highest BCUT2D eigenvalue weighted by atomic mass is 127. The van der Waals surface area contributed by atoms with E-state index >= 15 is 0 Å². The highest BCUT2D eigenvalue weighted by molar-refractivity contribution is 14.1. The molecule has 2 N–H and O–H groups in total. The molecule has 0 spiro atoms. The van der Waals surface area contributed by atoms with Crippen LogP contribution in [0.1, 0.15) is 12.0 Å². The molecule has 0 aromatic carbocycles. The number of hydrogen-bond donors (Lipinski definition) is 1. The van der Waals surface area contributed by atoms with Gasteiger partial charge in [0, 0.05) is 25.2 Å². The average Bonchev–Trinajstić information content (AvgIpc) is 2.25. The summed E-state index contributed by atoms with van der Waals surface area (Å²) >= 11 is 1.80. The van der Waals surface area contributed by atoms with Gasteiger partial charge in [-0.05, 0) is 34.6 Å². The number of aryl methyl sites for hydroxylation is 1. The third-order valence-electron chi connectivity index (χ3n) is 1.78. The predicted molar refractivity (Wildman–Crippen MR) is 66.1 cm³/mol. The van der Waals surface area contributed by atoms with Crippen LogP contribution in [0.5, 0.6) is 5.88 Å². The molecule has 0 amide bonds. The number of pyridine rings is 1. The van der Waals surface area contributed by atoms with Crippen LogP contribution >= 0.6 is 22.6 Å². The first-order chi connectivity index (χ1) is 7.22. The fraction of sp³-hybridized carbons (Fsp3) is 0.400. The molecular weight excluding hydrogens is 307 g/mol. The van der Waals surface area contributed by atoms with Crippen LogP contribution in [0.3, 0.4) is 0 Å². The van der Waals surface area contributed by atoms with Gasteiger partial charge in [0.1, 0.15) is 6.61 Å². The van der Waals surface area contributed by atoms with Crippen molar-refractivity contribution in [3.63, 3.8) is 0 Å². The quantitative estimate of drug-likeness (QED) is 0.634. The van der Waals surface area contributed by atoms with E-state index in [1.807, 2.05) is 6.07 Å². The minimum atomic E-state index is 0.163. The summed E-state index contributed by atoms with van der Waals surface area (Å²) in [5.74, 6) is 0.574. The molecule has 0 saturated carbocycles. The van der Waals surface area contributed by atoms with Crippen molar-refractivity contribution in [2.45, 2.75) is 12.8 Å². The van der Waals surface area contributed by atoms with Gasteiger partial charge in [0.15, 0.2) is 3.79 Å². The topological polar surface area (TPSA) is 65.2 Å². The molecule has 0 atom stereocenters. The Morgan fingerprint density at radius 1 is 1.53 bits per heavy atom. The van der Waals surface area contributed by atoms with Gasteiger partial charge in [0.25, 0.3) is 0 Å². The molecule has 0 aliphatic rings. The lowest BCUT2D eigenvalue weighted by molar-refractivity contribution is -0.109. The maximum atomic E-state index is 10.8. The molecule has 82 valence electrons. The van der Waals surface area contributed by atoms with Gasteiger partial charge < -0.3 is 10.5 Å². The molecule has 0 unspecified atom stereocenters. The zero-order valence-electron chi connectivity index (χ0n) is 8.28. The molecule has 4 nitrogen and oxygen atoms in total. The Balaban J connectivity index is 2.45. The van der Waals surface area contributed by atoms with Crippen LogP contribution in [-0.4, -0.2) is 21.9 Å². The lowest BCUT2D eigenvalue weighted by atomic mass is 10.2. The number of nitrogens with two attached hydrogens (primary N) is 1. The maximum Gasteiger partial charge on any atom is 0.213 e. The first kappa shape index (κ1) is 12.4. The van der Waals surface area contributed by atoms with Crippen LogP contribution in [-0.2, 0) is 11.2 Å². The van der Waals surface area contributed by atoms with Gasteiger partial charge in [-0.2, -0.15) is 0 Å². The third-order valence-corrected chi connectivity index (χ3v) is 2.31. The average molecular weight is 320 g/mol. The van der Waals surface area contributed by atoms with Gasteiger partial charge in [-0.15, -0.1) is 0 Å². The third kappa shape index (κ3) is 5.08. The van der Waals surface area contributed by atoms with E-state index in [4.69, 9.17) is 10.5 Å². The zero-order chi connectivity index (χ0) is 11.1. The summed E-state index contributed by atoms with van der Waals surface area (Å²) in [5.41, 5.74) is 6.34. The van der Waals surface area contributed by atoms with E-state index < -0.39 is 0 Å². The number of nitrogens with zero attached hydrogens (tertiary/aromatic N) is 1. The van der Waals surface area contributed by atoms with Crippen molar-refractivity contribution in [1.29, 1.82) is 0 Å². The highest BCUT2D eigenvalue weighted by Crippen LogP contribution is 2.09. The molecular formula is C10H13IN2O2. The Hall–Kier alpha value is -0.690. The first-order valence-electron chi connectivity index (χ1n) is 4.68. The summed E-state index contributed by atoms with van der Waals surface area (Å²) in [4.78, 5) is 14.9. The monoisotopic (exact) mass is 320 g/mol. The molecule has 0 fully saturated rings. The van der Waals surface area contributed by atoms with Crippen LogP contribution in [0.25, 0.3) is 0 Å². The second-order valence-corrected chi connectivity index (χ2v) is 4.20. The van der Waals surface area contributed by atoms with E-state index in [0.717, 1.165) is 12.0 Å². The van der Waals surface area contributed by atoms with Crippen molar-refractivity contribution in [1.82, 2.24) is 4.98 Å². The summed E-state index contributed by atoms with van der Waals surface area (Å²) in [6.07, 6.45) is 3.00. The number of ether oxygens (including phenoxy) is 1. The first-order valence-corrected chi connectivity index (χ1v) is 5.76. The Kier molecular flexibility index (Phi) is 5.56. The molecule has 1 aromatic heterocycles. The normalized spacial score (nSPS) is 10.0. The molecule has 1 rings (SSSR count). The van der Waals surface area contributed by atoms with E-state index in [2.05, 4.69) is 4.98 Å². The molecule has 0 aliphatic heterocycles. The van der Waals surface area contributed by atoms with Crippen LogP contribution < -0.4 is 10.5 Å². The summed E-state index contributed by atoms with van der Waals surface area (Å²) < 4.78 is 5.39. The van der Waals surface area contributed by atoms with Crippen molar-refractivity contribution in [3.8, 4) is 5.88 Å². The lowest BCUT2D eigenvalue weighted by Gasteiger charge is -2.03. The van der Waals surface area contributed by atoms with Gasteiger partial charge in [0.05, 0.1) is 0 Å². The van der Waals surface area contributed by atoms with Crippen LogP contribution in [0, 0.1) is 0 Å². The molecule has 1 aromatic rings. The Morgan fingerprint density at radius 2 is 2.33 bits per heavy atom. The van der Waals surface area contributed by atoms with E-state index in [1.54, 1.807) is 34.9 Å². The van der Waals surface area contributed by atoms with E-state index in [9.17, 15) is 4.79 Å². The van der Waals surface area contributed by atoms with Crippen LogP contribution in [0.4, 0.5) is 0 Å². The molecule has 0 saturated heterocycles. The Bertz CT molecular complexity index is 314. The van der Waals surface area contributed by atoms with Crippen LogP contribution in [0.2, 0.25) is 0 Å². The fourth-order valence-electron chi connectivity index (χ4n) is 1.05. The summed E-state index contributed by atoms with van der Waals surface area (Å²) in [7, 11) is 0.